The fourth-order valence-corrected chi connectivity index (χ4v) is 13.8. The van der Waals surface area contributed by atoms with E-state index in [1.165, 1.54) is 55.6 Å². The number of fused-ring (bicyclic) bond motifs is 3. The quantitative estimate of drug-likeness (QED) is 0.269. The molecular weight excluding hydrogens is 607 g/mol. The molecule has 0 bridgehead atoms. The molecule has 2 aliphatic rings. The van der Waals surface area contributed by atoms with E-state index in [1.807, 2.05) is 12.2 Å². The first-order chi connectivity index (χ1) is 18.6. The Kier molecular flexibility index (Phi) is 9.63. The summed E-state index contributed by atoms with van der Waals surface area (Å²) in [6, 6.07) is 30.1. The summed E-state index contributed by atoms with van der Waals surface area (Å²) < 4.78 is 4.78. The number of aryl methyl sites for hydroxylation is 2. The van der Waals surface area contributed by atoms with Crippen molar-refractivity contribution < 1.29 is 46.1 Å². The van der Waals surface area contributed by atoms with Crippen LogP contribution in [0.4, 0.5) is 0 Å². The van der Waals surface area contributed by atoms with Gasteiger partial charge in [-0.25, -0.2) is 0 Å². The van der Waals surface area contributed by atoms with E-state index in [-0.39, 0.29) is 24.8 Å². The predicted molar refractivity (Wildman–Crippen MR) is 162 cm³/mol. The van der Waals surface area contributed by atoms with Gasteiger partial charge in [0.25, 0.3) is 0 Å². The first-order valence-corrected chi connectivity index (χ1v) is 17.0. The van der Waals surface area contributed by atoms with Crippen molar-refractivity contribution in [2.45, 2.75) is 26.7 Å². The van der Waals surface area contributed by atoms with E-state index < -0.39 is 21.3 Å². The van der Waals surface area contributed by atoms with Gasteiger partial charge in [0.15, 0.2) is 0 Å². The molecule has 4 aromatic carbocycles. The maximum absolute atomic E-state index is 4.20. The molecule has 198 valence electrons. The van der Waals surface area contributed by atoms with Crippen LogP contribution in [0.3, 0.4) is 0 Å². The first kappa shape index (κ1) is 30.1. The third kappa shape index (κ3) is 5.66. The molecule has 0 atom stereocenters. The Labute approximate surface area is 258 Å². The zero-order chi connectivity index (χ0) is 26.2. The smallest absolute Gasteiger partial charge is 1.00 e. The Morgan fingerprint density at radius 2 is 1.32 bits per heavy atom. The van der Waals surface area contributed by atoms with Gasteiger partial charge >= 0.3 is 236 Å². The average Bonchev–Trinajstić information content (AvgIpc) is 3.60. The molecule has 0 unspecified atom stereocenters. The van der Waals surface area contributed by atoms with Gasteiger partial charge in [-0.3, -0.25) is 0 Å². The molecule has 0 aromatic heterocycles. The minimum atomic E-state index is -2.65. The monoisotopic (exact) mass is 636 g/mol. The molecule has 40 heavy (non-hydrogen) atoms. The molecule has 0 saturated carbocycles. The van der Waals surface area contributed by atoms with E-state index in [0.29, 0.717) is 0 Å². The number of hydrogen-bond donors (Lipinski definition) is 0. The summed E-state index contributed by atoms with van der Waals surface area (Å²) in [5.74, 6) is 0. The van der Waals surface area contributed by atoms with E-state index in [4.69, 9.17) is 0 Å². The van der Waals surface area contributed by atoms with Crippen molar-refractivity contribution >= 4 is 18.6 Å². The molecule has 0 fully saturated rings. The van der Waals surface area contributed by atoms with Gasteiger partial charge in [-0.1, -0.05) is 0 Å². The average molecular weight is 639 g/mol. The van der Waals surface area contributed by atoms with Gasteiger partial charge < -0.3 is 24.8 Å². The predicted octanol–water partition coefficient (Wildman–Crippen LogP) is 2.52. The van der Waals surface area contributed by atoms with Crippen molar-refractivity contribution in [3.05, 3.63) is 158 Å². The van der Waals surface area contributed by atoms with Gasteiger partial charge in [-0.2, -0.15) is 0 Å². The zero-order valence-corrected chi connectivity index (χ0v) is 26.9. The topological polar surface area (TPSA) is 0 Å². The molecule has 0 N–H and O–H groups in total. The van der Waals surface area contributed by atoms with Crippen LogP contribution in [0.25, 0.3) is 23.3 Å². The third-order valence-electron chi connectivity index (χ3n) is 7.83. The van der Waals surface area contributed by atoms with Gasteiger partial charge in [0.2, 0.25) is 0 Å². The largest absolute Gasteiger partial charge is 1.00 e. The van der Waals surface area contributed by atoms with Crippen LogP contribution < -0.4 is 28.1 Å². The Morgan fingerprint density at radius 1 is 0.725 bits per heavy atom. The summed E-state index contributed by atoms with van der Waals surface area (Å²) in [6.45, 7) is 12.6. The van der Waals surface area contributed by atoms with Crippen molar-refractivity contribution in [1.82, 2.24) is 0 Å². The van der Waals surface area contributed by atoms with Crippen LogP contribution >= 0.6 is 0 Å². The van der Waals surface area contributed by atoms with Gasteiger partial charge in [0.1, 0.15) is 0 Å². The van der Waals surface area contributed by atoms with Crippen LogP contribution in [0.5, 0.6) is 0 Å². The molecule has 0 spiro atoms. The van der Waals surface area contributed by atoms with E-state index in [0.717, 1.165) is 12.8 Å². The van der Waals surface area contributed by atoms with Crippen molar-refractivity contribution in [3.8, 4) is 11.1 Å². The molecule has 3 heteroatoms. The zero-order valence-electron chi connectivity index (χ0n) is 23.0. The van der Waals surface area contributed by atoms with E-state index in [9.17, 15) is 0 Å². The van der Waals surface area contributed by atoms with Gasteiger partial charge in [0, 0.05) is 0 Å². The second-order valence-electron chi connectivity index (χ2n) is 10.4. The minimum Gasteiger partial charge on any atom is -1.00 e. The number of benzene rings is 4. The summed E-state index contributed by atoms with van der Waals surface area (Å²) in [5.41, 5.74) is 13.4. The molecule has 2 aliphatic carbocycles. The number of rotatable bonds is 6. The summed E-state index contributed by atoms with van der Waals surface area (Å²) in [5, 5.41) is 0. The fourth-order valence-electron chi connectivity index (χ4n) is 5.78. The van der Waals surface area contributed by atoms with E-state index >= 15 is 0 Å². The normalized spacial score (nSPS) is 12.2. The summed E-state index contributed by atoms with van der Waals surface area (Å²) in [4.78, 5) is 0. The Bertz CT molecular complexity index is 1640. The summed E-state index contributed by atoms with van der Waals surface area (Å²) in [6.07, 6.45) is 13.0. The third-order valence-corrected chi connectivity index (χ3v) is 15.4. The first-order valence-electron chi connectivity index (χ1n) is 13.4. The van der Waals surface area contributed by atoms with Gasteiger partial charge in [-0.15, -0.1) is 0 Å². The molecule has 0 nitrogen and oxygen atoms in total. The second-order valence-corrected chi connectivity index (χ2v) is 16.4. The minimum absolute atomic E-state index is 0. The SMILES string of the molecule is C=Cc1ccc2c(c1)-c1cc(C=C)c[c]([Zr+2]([C]3=CC=CC3)=[C](c3ccc(C)cc3)c3ccc(C)cc3)c1C2.[Cl-].[Cl-]. The second kappa shape index (κ2) is 12.8. The van der Waals surface area contributed by atoms with Crippen LogP contribution in [0.2, 0.25) is 0 Å². The molecule has 0 amide bonds. The van der Waals surface area contributed by atoms with Crippen molar-refractivity contribution in [1.29, 1.82) is 0 Å². The summed E-state index contributed by atoms with van der Waals surface area (Å²) >= 11 is -2.65. The Hall–Kier alpha value is -2.83. The van der Waals surface area contributed by atoms with Crippen LogP contribution in [0.1, 0.15) is 50.9 Å². The number of hydrogen-bond acceptors (Lipinski definition) is 0. The molecule has 0 heterocycles. The van der Waals surface area contributed by atoms with Crippen LogP contribution in [-0.2, 0) is 27.7 Å². The number of halogens is 2. The summed E-state index contributed by atoms with van der Waals surface area (Å²) in [7, 11) is 0. The van der Waals surface area contributed by atoms with Gasteiger partial charge in [0.05, 0.1) is 0 Å². The molecule has 0 saturated heterocycles. The maximum atomic E-state index is 4.20. The van der Waals surface area contributed by atoms with Crippen LogP contribution in [0.15, 0.2) is 114 Å². The van der Waals surface area contributed by atoms with Crippen molar-refractivity contribution in [2.24, 2.45) is 0 Å². The molecule has 0 aliphatic heterocycles. The fraction of sp³-hybridized carbons (Fsp3) is 0.108. The number of allylic oxidation sites excluding steroid dienone is 4. The van der Waals surface area contributed by atoms with Crippen LogP contribution in [-0.4, -0.2) is 3.21 Å². The molecule has 4 aromatic rings. The molecule has 6 rings (SSSR count). The molecular formula is C37H32Cl2Zr. The van der Waals surface area contributed by atoms with Crippen molar-refractivity contribution in [3.63, 3.8) is 0 Å². The standard InChI is InChI=1S/C17H13.C15H14.C5H5.2ClH.Zr/c1-3-12-5-7-14-11-15-8-6-13(4-2)10-17(15)16(14)9-12;1-12-3-7-14(8-4-12)11-15-9-5-13(2)6-10-15;1-2-4-5-3-1;;;/h3-7,9-10H,1-2,11H2;3-10H,1-2H3;1-3H,4H2;2*1H;/q;;;;;+2/p-2. The maximum Gasteiger partial charge on any atom is -1.00 e. The Balaban J connectivity index is 0.00000185. The Morgan fingerprint density at radius 3 is 1.88 bits per heavy atom. The van der Waals surface area contributed by atoms with Crippen molar-refractivity contribution in [2.75, 3.05) is 0 Å². The van der Waals surface area contributed by atoms with E-state index in [2.05, 4.69) is 124 Å². The van der Waals surface area contributed by atoms with Crippen LogP contribution in [0, 0.1) is 13.8 Å². The van der Waals surface area contributed by atoms with E-state index in [1.54, 1.807) is 9.76 Å². The molecule has 0 radical (unpaired) electrons. The van der Waals surface area contributed by atoms with Gasteiger partial charge in [-0.05, 0) is 0 Å².